The highest BCUT2D eigenvalue weighted by Crippen LogP contribution is 2.24. The van der Waals surface area contributed by atoms with E-state index in [1.807, 2.05) is 0 Å². The fraction of sp³-hybridized carbons (Fsp3) is 0.900. The van der Waals surface area contributed by atoms with Gasteiger partial charge in [0.05, 0.1) is 4.83 Å². The molecule has 2 rings (SSSR count). The van der Waals surface area contributed by atoms with Crippen LogP contribution in [0.5, 0.6) is 0 Å². The van der Waals surface area contributed by atoms with Crippen LogP contribution in [0.3, 0.4) is 0 Å². The number of hydrogen-bond acceptors (Lipinski definition) is 2. The van der Waals surface area contributed by atoms with Crippen LogP contribution >= 0.6 is 15.9 Å². The summed E-state index contributed by atoms with van der Waals surface area (Å²) in [6.45, 7) is 3.16. The summed E-state index contributed by atoms with van der Waals surface area (Å²) in [6, 6.07) is 0.462. The van der Waals surface area contributed by atoms with E-state index in [0.717, 1.165) is 19.5 Å². The Balaban J connectivity index is 1.97. The van der Waals surface area contributed by atoms with Crippen LogP contribution in [0.25, 0.3) is 0 Å². The van der Waals surface area contributed by atoms with E-state index in [9.17, 15) is 4.79 Å². The van der Waals surface area contributed by atoms with Crippen molar-refractivity contribution in [2.75, 3.05) is 26.7 Å². The quantitative estimate of drug-likeness (QED) is 0.659. The first-order valence-corrected chi connectivity index (χ1v) is 6.23. The molecule has 0 bridgehead atoms. The first-order valence-electron chi connectivity index (χ1n) is 5.31. The predicted molar refractivity (Wildman–Crippen MR) is 59.6 cm³/mol. The van der Waals surface area contributed by atoms with Gasteiger partial charge in [-0.2, -0.15) is 0 Å². The number of hydrogen-bond donors (Lipinski definition) is 0. The number of carbonyl (C=O) groups excluding carboxylic acids is 1. The summed E-state index contributed by atoms with van der Waals surface area (Å²) >= 11 is 3.42. The van der Waals surface area contributed by atoms with Crippen molar-refractivity contribution >= 4 is 21.8 Å². The standard InChI is InChI=1S/C10H17BrN2O/c1-12-5-2-3-8(7-12)13-6-4-9(11)10(13)14/h8-9H,2-7H2,1H3. The average molecular weight is 261 g/mol. The molecule has 2 aliphatic rings. The Kier molecular flexibility index (Phi) is 3.12. The molecule has 2 saturated heterocycles. The predicted octanol–water partition coefficient (Wildman–Crippen LogP) is 1.08. The van der Waals surface area contributed by atoms with E-state index >= 15 is 0 Å². The molecule has 0 N–H and O–H groups in total. The van der Waals surface area contributed by atoms with Crippen LogP contribution in [0.1, 0.15) is 19.3 Å². The molecule has 80 valence electrons. The Morgan fingerprint density at radius 2 is 2.14 bits per heavy atom. The van der Waals surface area contributed by atoms with Gasteiger partial charge in [-0.15, -0.1) is 0 Å². The first-order chi connectivity index (χ1) is 6.68. The van der Waals surface area contributed by atoms with E-state index < -0.39 is 0 Å². The summed E-state index contributed by atoms with van der Waals surface area (Å²) in [5.41, 5.74) is 0. The smallest absolute Gasteiger partial charge is 0.236 e. The fourth-order valence-corrected chi connectivity index (χ4v) is 2.89. The number of likely N-dealkylation sites (N-methyl/N-ethyl adjacent to an activating group) is 1. The Hall–Kier alpha value is -0.0900. The van der Waals surface area contributed by atoms with Crippen molar-refractivity contribution in [2.24, 2.45) is 0 Å². The normalized spacial score (nSPS) is 35.3. The lowest BCUT2D eigenvalue weighted by molar-refractivity contribution is -0.130. The summed E-state index contributed by atoms with van der Waals surface area (Å²) in [5.74, 6) is 0.297. The van der Waals surface area contributed by atoms with Crippen molar-refractivity contribution in [2.45, 2.75) is 30.1 Å². The van der Waals surface area contributed by atoms with Crippen molar-refractivity contribution in [3.63, 3.8) is 0 Å². The molecule has 2 aliphatic heterocycles. The van der Waals surface area contributed by atoms with Crippen LogP contribution in [-0.2, 0) is 4.79 Å². The van der Waals surface area contributed by atoms with Gasteiger partial charge in [0.1, 0.15) is 0 Å². The number of alkyl halides is 1. The van der Waals surface area contributed by atoms with Gasteiger partial charge in [-0.3, -0.25) is 4.79 Å². The maximum Gasteiger partial charge on any atom is 0.236 e. The van der Waals surface area contributed by atoms with Gasteiger partial charge >= 0.3 is 0 Å². The number of piperidine rings is 1. The summed E-state index contributed by atoms with van der Waals surface area (Å²) in [5, 5.41) is 0. The van der Waals surface area contributed by atoms with Gasteiger partial charge in [-0.25, -0.2) is 0 Å². The minimum Gasteiger partial charge on any atom is -0.337 e. The first kappa shape index (κ1) is 10.4. The lowest BCUT2D eigenvalue weighted by Gasteiger charge is -2.35. The number of halogens is 1. The highest BCUT2D eigenvalue weighted by molar-refractivity contribution is 9.10. The van der Waals surface area contributed by atoms with Gasteiger partial charge in [0.2, 0.25) is 5.91 Å². The zero-order valence-corrected chi connectivity index (χ0v) is 10.2. The Labute approximate surface area is 93.6 Å². The Morgan fingerprint density at radius 1 is 1.36 bits per heavy atom. The minimum absolute atomic E-state index is 0.0785. The molecule has 0 saturated carbocycles. The topological polar surface area (TPSA) is 23.6 Å². The number of likely N-dealkylation sites (tertiary alicyclic amines) is 2. The van der Waals surface area contributed by atoms with Crippen LogP contribution < -0.4 is 0 Å². The van der Waals surface area contributed by atoms with Gasteiger partial charge < -0.3 is 9.80 Å². The SMILES string of the molecule is CN1CCCC(N2CCC(Br)C2=O)C1. The van der Waals surface area contributed by atoms with Crippen LogP contribution in [0.4, 0.5) is 0 Å². The second-order valence-electron chi connectivity index (χ2n) is 4.35. The summed E-state index contributed by atoms with van der Waals surface area (Å²) in [6.07, 6.45) is 3.37. The molecule has 0 aromatic heterocycles. The molecule has 2 unspecified atom stereocenters. The van der Waals surface area contributed by atoms with Gasteiger partial charge in [0.15, 0.2) is 0 Å². The van der Waals surface area contributed by atoms with Gasteiger partial charge in [-0.1, -0.05) is 15.9 Å². The molecule has 2 fully saturated rings. The molecule has 0 radical (unpaired) electrons. The van der Waals surface area contributed by atoms with Crippen LogP contribution in [-0.4, -0.2) is 53.3 Å². The molecule has 2 atom stereocenters. The zero-order chi connectivity index (χ0) is 10.1. The van der Waals surface area contributed by atoms with E-state index in [2.05, 4.69) is 32.8 Å². The molecule has 4 heteroatoms. The van der Waals surface area contributed by atoms with Crippen LogP contribution in [0.15, 0.2) is 0 Å². The molecule has 0 aromatic carbocycles. The highest BCUT2D eigenvalue weighted by atomic mass is 79.9. The highest BCUT2D eigenvalue weighted by Gasteiger charge is 2.35. The maximum atomic E-state index is 11.8. The molecular formula is C10H17BrN2O. The van der Waals surface area contributed by atoms with E-state index in [1.54, 1.807) is 0 Å². The molecular weight excluding hydrogens is 244 g/mol. The number of nitrogens with zero attached hydrogens (tertiary/aromatic N) is 2. The van der Waals surface area contributed by atoms with Crippen molar-refractivity contribution < 1.29 is 4.79 Å². The van der Waals surface area contributed by atoms with Gasteiger partial charge in [0, 0.05) is 19.1 Å². The number of amides is 1. The second-order valence-corrected chi connectivity index (χ2v) is 5.45. The Bertz CT molecular complexity index is 234. The van der Waals surface area contributed by atoms with Crippen molar-refractivity contribution in [1.82, 2.24) is 9.80 Å². The molecule has 0 aliphatic carbocycles. The molecule has 0 aromatic rings. The van der Waals surface area contributed by atoms with Crippen LogP contribution in [0, 0.1) is 0 Å². The average Bonchev–Trinajstić information content (AvgIpc) is 2.48. The third-order valence-electron chi connectivity index (χ3n) is 3.21. The largest absolute Gasteiger partial charge is 0.337 e. The van der Waals surface area contributed by atoms with E-state index in [0.29, 0.717) is 11.9 Å². The molecule has 0 spiro atoms. The van der Waals surface area contributed by atoms with E-state index in [-0.39, 0.29) is 4.83 Å². The van der Waals surface area contributed by atoms with E-state index in [1.165, 1.54) is 19.4 Å². The number of carbonyl (C=O) groups is 1. The Morgan fingerprint density at radius 3 is 2.71 bits per heavy atom. The monoisotopic (exact) mass is 260 g/mol. The lowest BCUT2D eigenvalue weighted by Crippen LogP contribution is -2.47. The minimum atomic E-state index is 0.0785. The van der Waals surface area contributed by atoms with Crippen molar-refractivity contribution in [3.05, 3.63) is 0 Å². The third kappa shape index (κ3) is 1.96. The van der Waals surface area contributed by atoms with Gasteiger partial charge in [-0.05, 0) is 32.9 Å². The maximum absolute atomic E-state index is 11.8. The van der Waals surface area contributed by atoms with Crippen LogP contribution in [0.2, 0.25) is 0 Å². The second kappa shape index (κ2) is 4.19. The lowest BCUT2D eigenvalue weighted by atomic mass is 10.1. The summed E-state index contributed by atoms with van der Waals surface area (Å²) in [4.78, 5) is 16.2. The molecule has 1 amide bonds. The summed E-state index contributed by atoms with van der Waals surface area (Å²) in [7, 11) is 2.14. The fourth-order valence-electron chi connectivity index (χ4n) is 2.42. The van der Waals surface area contributed by atoms with Gasteiger partial charge in [0.25, 0.3) is 0 Å². The molecule has 14 heavy (non-hydrogen) atoms. The molecule has 3 nitrogen and oxygen atoms in total. The van der Waals surface area contributed by atoms with Crippen molar-refractivity contribution in [1.29, 1.82) is 0 Å². The summed E-state index contributed by atoms with van der Waals surface area (Å²) < 4.78 is 0. The zero-order valence-electron chi connectivity index (χ0n) is 8.58. The number of rotatable bonds is 1. The molecule has 2 heterocycles. The van der Waals surface area contributed by atoms with E-state index in [4.69, 9.17) is 0 Å². The van der Waals surface area contributed by atoms with Crippen molar-refractivity contribution in [3.8, 4) is 0 Å². The third-order valence-corrected chi connectivity index (χ3v) is 4.06.